The smallest absolute Gasteiger partial charge is 0.103 e. The first-order valence-corrected chi connectivity index (χ1v) is 8.31. The summed E-state index contributed by atoms with van der Waals surface area (Å²) < 4.78 is 0. The number of thiocarbonyl (C=S) groups is 1. The Balaban J connectivity index is 1.98. The van der Waals surface area contributed by atoms with E-state index in [4.69, 9.17) is 18.0 Å². The fraction of sp³-hybridized carbons (Fsp3) is 0.588. The molecule has 0 radical (unpaired) electrons. The summed E-state index contributed by atoms with van der Waals surface area (Å²) in [6, 6.07) is 7.04. The van der Waals surface area contributed by atoms with Crippen LogP contribution in [0.3, 0.4) is 0 Å². The highest BCUT2D eigenvalue weighted by Crippen LogP contribution is 2.20. The SMILES string of the molecule is CCN(CC)C1CCN(Cc2ccc(C(N)=S)cc2C)C1. The minimum Gasteiger partial charge on any atom is -0.389 e. The average molecular weight is 305 g/mol. The van der Waals surface area contributed by atoms with Crippen molar-refractivity contribution in [3.8, 4) is 0 Å². The van der Waals surface area contributed by atoms with Crippen molar-refractivity contribution >= 4 is 17.2 Å². The quantitative estimate of drug-likeness (QED) is 0.819. The van der Waals surface area contributed by atoms with Gasteiger partial charge in [0.1, 0.15) is 4.99 Å². The van der Waals surface area contributed by atoms with E-state index in [0.717, 1.165) is 31.2 Å². The Hall–Kier alpha value is -0.970. The summed E-state index contributed by atoms with van der Waals surface area (Å²) in [5, 5.41) is 0. The zero-order valence-electron chi connectivity index (χ0n) is 13.4. The number of likely N-dealkylation sites (tertiary alicyclic amines) is 1. The van der Waals surface area contributed by atoms with Crippen LogP contribution in [0, 0.1) is 6.92 Å². The van der Waals surface area contributed by atoms with E-state index < -0.39 is 0 Å². The molecule has 1 heterocycles. The third-order valence-electron chi connectivity index (χ3n) is 4.60. The van der Waals surface area contributed by atoms with Crippen molar-refractivity contribution in [3.05, 3.63) is 34.9 Å². The van der Waals surface area contributed by atoms with Gasteiger partial charge in [-0.05, 0) is 43.6 Å². The highest BCUT2D eigenvalue weighted by atomic mass is 32.1. The monoisotopic (exact) mass is 305 g/mol. The third-order valence-corrected chi connectivity index (χ3v) is 4.83. The maximum atomic E-state index is 5.69. The van der Waals surface area contributed by atoms with Gasteiger partial charge < -0.3 is 5.73 Å². The second-order valence-corrected chi connectivity index (χ2v) is 6.34. The molecule has 1 aromatic carbocycles. The standard InChI is InChI=1S/C17H27N3S/c1-4-20(5-2)16-8-9-19(12-16)11-15-7-6-14(17(18)21)10-13(15)3/h6-7,10,16H,4-5,8-9,11-12H2,1-3H3,(H2,18,21). The highest BCUT2D eigenvalue weighted by Gasteiger charge is 2.26. The minimum atomic E-state index is 0.479. The van der Waals surface area contributed by atoms with Gasteiger partial charge in [-0.15, -0.1) is 0 Å². The first kappa shape index (κ1) is 16.4. The summed E-state index contributed by atoms with van der Waals surface area (Å²) >= 11 is 5.04. The van der Waals surface area contributed by atoms with Gasteiger partial charge in [0, 0.05) is 31.2 Å². The lowest BCUT2D eigenvalue weighted by Gasteiger charge is -2.26. The molecule has 0 aliphatic carbocycles. The number of benzene rings is 1. The molecule has 1 aliphatic heterocycles. The number of aryl methyl sites for hydroxylation is 1. The molecular formula is C17H27N3S. The van der Waals surface area contributed by atoms with Crippen LogP contribution in [-0.2, 0) is 6.54 Å². The molecule has 116 valence electrons. The zero-order valence-corrected chi connectivity index (χ0v) is 14.2. The molecular weight excluding hydrogens is 278 g/mol. The summed E-state index contributed by atoms with van der Waals surface area (Å²) in [6.07, 6.45) is 1.28. The van der Waals surface area contributed by atoms with Crippen LogP contribution in [0.4, 0.5) is 0 Å². The van der Waals surface area contributed by atoms with Gasteiger partial charge in [-0.1, -0.05) is 38.2 Å². The summed E-state index contributed by atoms with van der Waals surface area (Å²) in [5.41, 5.74) is 9.33. The zero-order chi connectivity index (χ0) is 15.4. The number of likely N-dealkylation sites (N-methyl/N-ethyl adjacent to an activating group) is 1. The number of hydrogen-bond donors (Lipinski definition) is 1. The van der Waals surface area contributed by atoms with Gasteiger partial charge in [0.25, 0.3) is 0 Å². The topological polar surface area (TPSA) is 32.5 Å². The van der Waals surface area contributed by atoms with Crippen LogP contribution in [0.1, 0.15) is 37.0 Å². The molecule has 1 aromatic rings. The van der Waals surface area contributed by atoms with E-state index in [1.807, 2.05) is 6.07 Å². The van der Waals surface area contributed by atoms with Crippen molar-refractivity contribution in [2.45, 2.75) is 39.8 Å². The molecule has 0 spiro atoms. The lowest BCUT2D eigenvalue weighted by Crippen LogP contribution is -2.37. The summed E-state index contributed by atoms with van der Waals surface area (Å²) in [4.78, 5) is 5.61. The predicted octanol–water partition coefficient (Wildman–Crippen LogP) is 2.55. The molecule has 2 N–H and O–H groups in total. The van der Waals surface area contributed by atoms with Crippen molar-refractivity contribution in [3.63, 3.8) is 0 Å². The number of rotatable bonds is 6. The Bertz CT molecular complexity index is 497. The van der Waals surface area contributed by atoms with E-state index in [1.165, 1.54) is 30.6 Å². The Labute approximate surface area is 134 Å². The Morgan fingerprint density at radius 1 is 1.38 bits per heavy atom. The summed E-state index contributed by atoms with van der Waals surface area (Å²) in [5.74, 6) is 0. The third kappa shape index (κ3) is 4.02. The molecule has 0 aromatic heterocycles. The molecule has 2 rings (SSSR count). The molecule has 3 nitrogen and oxygen atoms in total. The van der Waals surface area contributed by atoms with E-state index >= 15 is 0 Å². The molecule has 21 heavy (non-hydrogen) atoms. The second-order valence-electron chi connectivity index (χ2n) is 5.90. The van der Waals surface area contributed by atoms with E-state index in [0.29, 0.717) is 4.99 Å². The van der Waals surface area contributed by atoms with Gasteiger partial charge in [0.15, 0.2) is 0 Å². The van der Waals surface area contributed by atoms with Gasteiger partial charge >= 0.3 is 0 Å². The van der Waals surface area contributed by atoms with Crippen molar-refractivity contribution < 1.29 is 0 Å². The van der Waals surface area contributed by atoms with Gasteiger partial charge in [0.05, 0.1) is 0 Å². The molecule has 1 saturated heterocycles. The molecule has 1 atom stereocenters. The maximum Gasteiger partial charge on any atom is 0.103 e. The number of nitrogens with two attached hydrogens (primary N) is 1. The van der Waals surface area contributed by atoms with E-state index in [-0.39, 0.29) is 0 Å². The van der Waals surface area contributed by atoms with Crippen LogP contribution in [0.25, 0.3) is 0 Å². The fourth-order valence-corrected chi connectivity index (χ4v) is 3.39. The fourth-order valence-electron chi connectivity index (χ4n) is 3.26. The molecule has 1 aliphatic rings. The Morgan fingerprint density at radius 3 is 2.67 bits per heavy atom. The Kier molecular flexibility index (Phi) is 5.73. The number of nitrogens with zero attached hydrogens (tertiary/aromatic N) is 2. The normalized spacial score (nSPS) is 19.3. The first-order valence-electron chi connectivity index (χ1n) is 7.90. The lowest BCUT2D eigenvalue weighted by molar-refractivity contribution is 0.209. The molecule has 1 unspecified atom stereocenters. The Morgan fingerprint density at radius 2 is 2.10 bits per heavy atom. The van der Waals surface area contributed by atoms with E-state index in [9.17, 15) is 0 Å². The van der Waals surface area contributed by atoms with Crippen molar-refractivity contribution in [2.75, 3.05) is 26.2 Å². The molecule has 0 bridgehead atoms. The lowest BCUT2D eigenvalue weighted by atomic mass is 10.0. The van der Waals surface area contributed by atoms with Crippen molar-refractivity contribution in [1.29, 1.82) is 0 Å². The van der Waals surface area contributed by atoms with Crippen molar-refractivity contribution in [1.82, 2.24) is 9.80 Å². The van der Waals surface area contributed by atoms with Crippen molar-refractivity contribution in [2.24, 2.45) is 5.73 Å². The number of hydrogen-bond acceptors (Lipinski definition) is 3. The molecule has 1 fully saturated rings. The van der Waals surface area contributed by atoms with Gasteiger partial charge in [0.2, 0.25) is 0 Å². The van der Waals surface area contributed by atoms with Gasteiger partial charge in [-0.3, -0.25) is 9.80 Å². The maximum absolute atomic E-state index is 5.69. The van der Waals surface area contributed by atoms with Crippen LogP contribution < -0.4 is 5.73 Å². The van der Waals surface area contributed by atoms with Crippen LogP contribution in [0.2, 0.25) is 0 Å². The largest absolute Gasteiger partial charge is 0.389 e. The second kappa shape index (κ2) is 7.34. The van der Waals surface area contributed by atoms with Crippen LogP contribution in [-0.4, -0.2) is 47.0 Å². The summed E-state index contributed by atoms with van der Waals surface area (Å²) in [6.45, 7) is 12.4. The minimum absolute atomic E-state index is 0.479. The van der Waals surface area contributed by atoms with E-state index in [2.05, 4.69) is 42.7 Å². The van der Waals surface area contributed by atoms with Gasteiger partial charge in [-0.2, -0.15) is 0 Å². The van der Waals surface area contributed by atoms with E-state index in [1.54, 1.807) is 0 Å². The molecule has 4 heteroatoms. The highest BCUT2D eigenvalue weighted by molar-refractivity contribution is 7.80. The average Bonchev–Trinajstić information content (AvgIpc) is 2.91. The predicted molar refractivity (Wildman–Crippen MR) is 93.7 cm³/mol. The summed E-state index contributed by atoms with van der Waals surface area (Å²) in [7, 11) is 0. The molecule has 0 saturated carbocycles. The van der Waals surface area contributed by atoms with Gasteiger partial charge in [-0.25, -0.2) is 0 Å². The van der Waals surface area contributed by atoms with Crippen LogP contribution >= 0.6 is 12.2 Å². The van der Waals surface area contributed by atoms with Crippen LogP contribution in [0.5, 0.6) is 0 Å². The van der Waals surface area contributed by atoms with Crippen LogP contribution in [0.15, 0.2) is 18.2 Å². The molecule has 0 amide bonds. The first-order chi connectivity index (χ1) is 10.0.